The Hall–Kier alpha value is -2.59. The van der Waals surface area contributed by atoms with Crippen molar-refractivity contribution in [1.29, 1.82) is 0 Å². The van der Waals surface area contributed by atoms with E-state index in [0.29, 0.717) is 13.2 Å². The third kappa shape index (κ3) is 3.66. The fourth-order valence-corrected chi connectivity index (χ4v) is 2.98. The molecule has 0 amide bonds. The maximum atomic E-state index is 10.8. The molecule has 2 aromatic rings. The molecule has 0 fully saturated rings. The topological polar surface area (TPSA) is 49.8 Å². The number of rotatable bonds is 5. The van der Waals surface area contributed by atoms with Crippen LogP contribution in [0.2, 0.25) is 0 Å². The summed E-state index contributed by atoms with van der Waals surface area (Å²) in [5, 5.41) is 8.86. The van der Waals surface area contributed by atoms with Crippen molar-refractivity contribution >= 4 is 11.5 Å². The summed E-state index contributed by atoms with van der Waals surface area (Å²) < 4.78 is 5.96. The lowest BCUT2D eigenvalue weighted by atomic mass is 9.93. The van der Waals surface area contributed by atoms with E-state index in [1.807, 2.05) is 42.3 Å². The normalized spacial score (nSPS) is 14.7. The molecule has 1 aliphatic rings. The van der Waals surface area contributed by atoms with Gasteiger partial charge >= 0.3 is 5.97 Å². The van der Waals surface area contributed by atoms with Crippen LogP contribution in [-0.2, 0) is 11.4 Å². The van der Waals surface area contributed by atoms with E-state index < -0.39 is 5.97 Å². The van der Waals surface area contributed by atoms with Crippen molar-refractivity contribution in [1.82, 2.24) is 4.90 Å². The van der Waals surface area contributed by atoms with Gasteiger partial charge in [-0.05, 0) is 36.2 Å². The molecule has 0 radical (unpaired) electrons. The van der Waals surface area contributed by atoms with Crippen molar-refractivity contribution in [2.75, 3.05) is 20.1 Å². The second kappa shape index (κ2) is 7.32. The average molecular weight is 323 g/mol. The van der Waals surface area contributed by atoms with Crippen LogP contribution in [0.4, 0.5) is 0 Å². The molecule has 124 valence electrons. The maximum absolute atomic E-state index is 10.8. The van der Waals surface area contributed by atoms with Gasteiger partial charge in [0.2, 0.25) is 0 Å². The van der Waals surface area contributed by atoms with Crippen LogP contribution < -0.4 is 4.74 Å². The number of aliphatic carboxylic acids is 1. The molecule has 1 N–H and O–H groups in total. The summed E-state index contributed by atoms with van der Waals surface area (Å²) in [6.45, 7) is 1.31. The van der Waals surface area contributed by atoms with Gasteiger partial charge in [-0.2, -0.15) is 0 Å². The highest BCUT2D eigenvalue weighted by molar-refractivity contribution is 5.84. The molecule has 1 heterocycles. The van der Waals surface area contributed by atoms with Crippen LogP contribution >= 0.6 is 0 Å². The number of ether oxygens (including phenoxy) is 1. The number of fused-ring (bicyclic) bond motifs is 2. The number of carboxylic acids is 1. The third-order valence-corrected chi connectivity index (χ3v) is 4.13. The first-order chi connectivity index (χ1) is 11.6. The molecule has 24 heavy (non-hydrogen) atoms. The summed E-state index contributed by atoms with van der Waals surface area (Å²) >= 11 is 0. The van der Waals surface area contributed by atoms with Gasteiger partial charge in [0.15, 0.2) is 0 Å². The zero-order valence-electron chi connectivity index (χ0n) is 13.7. The van der Waals surface area contributed by atoms with E-state index in [4.69, 9.17) is 9.84 Å². The number of para-hydroxylation sites is 1. The zero-order valence-corrected chi connectivity index (χ0v) is 13.7. The minimum atomic E-state index is -0.802. The number of likely N-dealkylation sites (N-methyl/N-ethyl adjacent to an activating group) is 1. The monoisotopic (exact) mass is 323 g/mol. The van der Waals surface area contributed by atoms with Crippen LogP contribution in [0.3, 0.4) is 0 Å². The quantitative estimate of drug-likeness (QED) is 0.916. The summed E-state index contributed by atoms with van der Waals surface area (Å²) in [6.07, 6.45) is 2.96. The standard InChI is InChI=1S/C20H21NO3/c1-21(13-20(22)23)12-6-10-17-16-8-3-2-7-15(16)14-24-19-11-5-4-9-18(17)19/h2-5,7-11H,6,12-14H2,1H3,(H,22,23)/b17-10+. The van der Waals surface area contributed by atoms with E-state index in [1.54, 1.807) is 0 Å². The van der Waals surface area contributed by atoms with Crippen molar-refractivity contribution < 1.29 is 14.6 Å². The number of hydrogen-bond donors (Lipinski definition) is 1. The van der Waals surface area contributed by atoms with Crippen LogP contribution in [-0.4, -0.2) is 36.1 Å². The number of carbonyl (C=O) groups is 1. The molecular weight excluding hydrogens is 302 g/mol. The lowest BCUT2D eigenvalue weighted by Crippen LogP contribution is -2.26. The van der Waals surface area contributed by atoms with E-state index in [0.717, 1.165) is 23.3 Å². The Kier molecular flexibility index (Phi) is 4.96. The van der Waals surface area contributed by atoms with E-state index >= 15 is 0 Å². The Morgan fingerprint density at radius 3 is 2.67 bits per heavy atom. The lowest BCUT2D eigenvalue weighted by Gasteiger charge is -2.14. The van der Waals surface area contributed by atoms with E-state index in [2.05, 4.69) is 24.3 Å². The highest BCUT2D eigenvalue weighted by Crippen LogP contribution is 2.36. The minimum Gasteiger partial charge on any atom is -0.488 e. The van der Waals surface area contributed by atoms with Gasteiger partial charge in [0.05, 0.1) is 6.54 Å². The van der Waals surface area contributed by atoms with Crippen LogP contribution in [0, 0.1) is 0 Å². The van der Waals surface area contributed by atoms with Crippen LogP contribution in [0.5, 0.6) is 5.75 Å². The molecule has 0 spiro atoms. The summed E-state index contributed by atoms with van der Waals surface area (Å²) in [4.78, 5) is 12.6. The lowest BCUT2D eigenvalue weighted by molar-refractivity contribution is -0.137. The molecule has 1 aliphatic heterocycles. The fraction of sp³-hybridized carbons (Fsp3) is 0.250. The van der Waals surface area contributed by atoms with E-state index in [9.17, 15) is 4.79 Å². The van der Waals surface area contributed by atoms with Gasteiger partial charge < -0.3 is 9.84 Å². The molecule has 2 aromatic carbocycles. The molecule has 0 bridgehead atoms. The largest absolute Gasteiger partial charge is 0.488 e. The van der Waals surface area contributed by atoms with Crippen molar-refractivity contribution in [3.63, 3.8) is 0 Å². The molecule has 4 nitrogen and oxygen atoms in total. The van der Waals surface area contributed by atoms with Crippen molar-refractivity contribution in [3.05, 3.63) is 71.3 Å². The van der Waals surface area contributed by atoms with Gasteiger partial charge in [-0.25, -0.2) is 0 Å². The molecular formula is C20H21NO3. The van der Waals surface area contributed by atoms with Crippen LogP contribution in [0.1, 0.15) is 23.1 Å². The van der Waals surface area contributed by atoms with Gasteiger partial charge in [-0.15, -0.1) is 0 Å². The van der Waals surface area contributed by atoms with Gasteiger partial charge in [-0.3, -0.25) is 9.69 Å². The molecule has 0 aliphatic carbocycles. The summed E-state index contributed by atoms with van der Waals surface area (Å²) in [5.41, 5.74) is 4.59. The highest BCUT2D eigenvalue weighted by Gasteiger charge is 2.18. The molecule has 0 saturated carbocycles. The molecule has 0 unspecified atom stereocenters. The fourth-order valence-electron chi connectivity index (χ4n) is 2.98. The summed E-state index contributed by atoms with van der Waals surface area (Å²) in [7, 11) is 1.82. The first-order valence-electron chi connectivity index (χ1n) is 8.06. The van der Waals surface area contributed by atoms with Gasteiger partial charge in [-0.1, -0.05) is 48.5 Å². The molecule has 3 rings (SSSR count). The van der Waals surface area contributed by atoms with Gasteiger partial charge in [0.1, 0.15) is 12.4 Å². The molecule has 0 saturated heterocycles. The van der Waals surface area contributed by atoms with E-state index in [-0.39, 0.29) is 6.54 Å². The SMILES string of the molecule is CN(CC/C=C1\c2ccccc2COc2ccccc21)CC(=O)O. The predicted octanol–water partition coefficient (Wildman–Crippen LogP) is 3.42. The van der Waals surface area contributed by atoms with Crippen molar-refractivity contribution in [2.24, 2.45) is 0 Å². The smallest absolute Gasteiger partial charge is 0.317 e. The average Bonchev–Trinajstić information content (AvgIpc) is 2.72. The summed E-state index contributed by atoms with van der Waals surface area (Å²) in [6, 6.07) is 16.3. The molecule has 0 aromatic heterocycles. The minimum absolute atomic E-state index is 0.0550. The zero-order chi connectivity index (χ0) is 16.9. The first kappa shape index (κ1) is 16.3. The van der Waals surface area contributed by atoms with Gasteiger partial charge in [0, 0.05) is 12.1 Å². The Morgan fingerprint density at radius 1 is 1.17 bits per heavy atom. The number of carboxylic acid groups (broad SMARTS) is 1. The highest BCUT2D eigenvalue weighted by atomic mass is 16.5. The van der Waals surface area contributed by atoms with Crippen LogP contribution in [0.25, 0.3) is 5.57 Å². The maximum Gasteiger partial charge on any atom is 0.317 e. The molecule has 0 atom stereocenters. The second-order valence-electron chi connectivity index (χ2n) is 5.98. The second-order valence-corrected chi connectivity index (χ2v) is 5.98. The van der Waals surface area contributed by atoms with Crippen LogP contribution in [0.15, 0.2) is 54.6 Å². The number of nitrogens with zero attached hydrogens (tertiary/aromatic N) is 1. The number of benzene rings is 2. The Balaban J connectivity index is 1.90. The number of hydrogen-bond acceptors (Lipinski definition) is 3. The first-order valence-corrected chi connectivity index (χ1v) is 8.06. The van der Waals surface area contributed by atoms with Gasteiger partial charge in [0.25, 0.3) is 0 Å². The van der Waals surface area contributed by atoms with Crippen molar-refractivity contribution in [2.45, 2.75) is 13.0 Å². The molecule has 4 heteroatoms. The van der Waals surface area contributed by atoms with E-state index in [1.165, 1.54) is 11.1 Å². The Labute approximate surface area is 142 Å². The Morgan fingerprint density at radius 2 is 1.88 bits per heavy atom. The third-order valence-electron chi connectivity index (χ3n) is 4.13. The Bertz CT molecular complexity index is 717. The van der Waals surface area contributed by atoms with Crippen molar-refractivity contribution in [3.8, 4) is 5.75 Å². The summed E-state index contributed by atoms with van der Waals surface area (Å²) in [5.74, 6) is 0.0857. The predicted molar refractivity (Wildman–Crippen MR) is 94.0 cm³/mol.